The molecule has 0 amide bonds. The van der Waals surface area contributed by atoms with E-state index in [0.717, 1.165) is 41.9 Å². The van der Waals surface area contributed by atoms with E-state index in [1.807, 2.05) is 12.1 Å². The maximum Gasteiger partial charge on any atom is 0.141 e. The summed E-state index contributed by atoms with van der Waals surface area (Å²) >= 11 is 6.01. The molecule has 3 unspecified atom stereocenters. The molecule has 5 rings (SSSR count). The van der Waals surface area contributed by atoms with Gasteiger partial charge in [0.15, 0.2) is 0 Å². The lowest BCUT2D eigenvalue weighted by Crippen LogP contribution is -2.47. The van der Waals surface area contributed by atoms with Crippen LogP contribution in [0, 0.1) is 5.82 Å². The van der Waals surface area contributed by atoms with E-state index < -0.39 is 5.82 Å². The number of hydrogen-bond donors (Lipinski definition) is 3. The van der Waals surface area contributed by atoms with Crippen molar-refractivity contribution in [2.24, 2.45) is 0 Å². The van der Waals surface area contributed by atoms with Gasteiger partial charge in [-0.25, -0.2) is 4.39 Å². The Morgan fingerprint density at radius 2 is 2.18 bits per heavy atom. The van der Waals surface area contributed by atoms with Crippen LogP contribution in [0.1, 0.15) is 12.0 Å². The average molecular weight is 398 g/mol. The van der Waals surface area contributed by atoms with Gasteiger partial charge in [0.25, 0.3) is 0 Å². The fourth-order valence-corrected chi connectivity index (χ4v) is 4.39. The van der Waals surface area contributed by atoms with E-state index in [1.165, 1.54) is 6.07 Å². The minimum atomic E-state index is -0.425. The van der Waals surface area contributed by atoms with Crippen molar-refractivity contribution in [2.45, 2.75) is 24.7 Å². The molecule has 2 aromatic rings. The number of hydrogen-bond acceptors (Lipinski definition) is 5. The highest BCUT2D eigenvalue weighted by atomic mass is 35.5. The molecule has 3 aliphatic rings. The van der Waals surface area contributed by atoms with Crippen molar-refractivity contribution < 1.29 is 4.39 Å². The highest BCUT2D eigenvalue weighted by molar-refractivity contribution is 6.31. The summed E-state index contributed by atoms with van der Waals surface area (Å²) in [6.45, 7) is 1.93. The fraction of sp³-hybridized carbons (Fsp3) is 0.286. The molecular formula is C21H21ClFN5. The second kappa shape index (κ2) is 7.29. The molecule has 1 aromatic carbocycles. The van der Waals surface area contributed by atoms with Gasteiger partial charge in [-0.15, -0.1) is 0 Å². The Balaban J connectivity index is 1.52. The minimum absolute atomic E-state index is 0.103. The molecule has 2 fully saturated rings. The van der Waals surface area contributed by atoms with Gasteiger partial charge in [-0.3, -0.25) is 21.2 Å². The van der Waals surface area contributed by atoms with Gasteiger partial charge in [0.1, 0.15) is 5.82 Å². The molecule has 3 atom stereocenters. The lowest BCUT2D eigenvalue weighted by atomic mass is 9.97. The first-order valence-electron chi connectivity index (χ1n) is 9.51. The number of benzene rings is 1. The van der Waals surface area contributed by atoms with Crippen molar-refractivity contribution in [1.29, 1.82) is 0 Å². The molecule has 5 nitrogen and oxygen atoms in total. The van der Waals surface area contributed by atoms with E-state index in [1.54, 1.807) is 18.3 Å². The van der Waals surface area contributed by atoms with Gasteiger partial charge >= 0.3 is 0 Å². The number of pyridine rings is 1. The van der Waals surface area contributed by atoms with Gasteiger partial charge in [0.05, 0.1) is 22.9 Å². The van der Waals surface area contributed by atoms with Crippen LogP contribution in [-0.4, -0.2) is 41.2 Å². The lowest BCUT2D eigenvalue weighted by Gasteiger charge is -2.33. The maximum atomic E-state index is 13.6. The van der Waals surface area contributed by atoms with Crippen molar-refractivity contribution in [3.8, 4) is 11.3 Å². The van der Waals surface area contributed by atoms with Gasteiger partial charge in [0.2, 0.25) is 0 Å². The monoisotopic (exact) mass is 397 g/mol. The Morgan fingerprint density at radius 3 is 3.00 bits per heavy atom. The van der Waals surface area contributed by atoms with Gasteiger partial charge < -0.3 is 4.90 Å². The number of rotatable bonds is 3. The lowest BCUT2D eigenvalue weighted by molar-refractivity contribution is 0.258. The van der Waals surface area contributed by atoms with Crippen molar-refractivity contribution in [1.82, 2.24) is 26.1 Å². The summed E-state index contributed by atoms with van der Waals surface area (Å²) in [7, 11) is 0. The number of halogens is 2. The molecule has 144 valence electrons. The Bertz CT molecular complexity index is 954. The summed E-state index contributed by atoms with van der Waals surface area (Å²) in [4.78, 5) is 6.95. The second-order valence-electron chi connectivity index (χ2n) is 7.31. The van der Waals surface area contributed by atoms with E-state index in [9.17, 15) is 4.39 Å². The normalized spacial score (nSPS) is 26.4. The molecule has 2 saturated heterocycles. The smallest absolute Gasteiger partial charge is 0.141 e. The van der Waals surface area contributed by atoms with Crippen LogP contribution in [-0.2, 0) is 0 Å². The standard InChI is InChI=1S/C21H21ClFN5/c22-16-10-13(3-5-17(16)23)21-15(2-1-8-24-21)14-4-6-20-25-11-19(28(20)12-14)18-7-9-26-27-18/h1-6,8,10,12,18-20,25-27H,7,9,11H2. The van der Waals surface area contributed by atoms with Gasteiger partial charge in [-0.05, 0) is 42.3 Å². The highest BCUT2D eigenvalue weighted by Gasteiger charge is 2.37. The molecule has 7 heteroatoms. The maximum absolute atomic E-state index is 13.6. The molecule has 0 aliphatic carbocycles. The Kier molecular flexibility index (Phi) is 4.64. The molecule has 3 N–H and O–H groups in total. The molecule has 1 aromatic heterocycles. The van der Waals surface area contributed by atoms with Crippen LogP contribution < -0.4 is 16.2 Å². The summed E-state index contributed by atoms with van der Waals surface area (Å²) in [5.74, 6) is -0.425. The molecule has 4 heterocycles. The summed E-state index contributed by atoms with van der Waals surface area (Å²) in [5, 5.41) is 3.67. The third kappa shape index (κ3) is 3.12. The van der Waals surface area contributed by atoms with Crippen LogP contribution in [0.2, 0.25) is 5.02 Å². The largest absolute Gasteiger partial charge is 0.352 e. The third-order valence-electron chi connectivity index (χ3n) is 5.63. The topological polar surface area (TPSA) is 52.2 Å². The summed E-state index contributed by atoms with van der Waals surface area (Å²) < 4.78 is 13.6. The van der Waals surface area contributed by atoms with Gasteiger partial charge in [0, 0.05) is 42.7 Å². The quantitative estimate of drug-likeness (QED) is 0.743. The average Bonchev–Trinajstić information content (AvgIpc) is 3.39. The van der Waals surface area contributed by atoms with E-state index in [-0.39, 0.29) is 11.2 Å². The van der Waals surface area contributed by atoms with E-state index >= 15 is 0 Å². The molecule has 0 spiro atoms. The van der Waals surface area contributed by atoms with E-state index in [0.29, 0.717) is 12.1 Å². The zero-order chi connectivity index (χ0) is 19.1. The van der Waals surface area contributed by atoms with Crippen molar-refractivity contribution in [3.63, 3.8) is 0 Å². The Hall–Kier alpha value is -2.25. The zero-order valence-corrected chi connectivity index (χ0v) is 16.0. The molecular weight excluding hydrogens is 377 g/mol. The van der Waals surface area contributed by atoms with Crippen LogP contribution in [0.15, 0.2) is 54.9 Å². The van der Waals surface area contributed by atoms with Crippen LogP contribution in [0.5, 0.6) is 0 Å². The molecule has 0 saturated carbocycles. The summed E-state index contributed by atoms with van der Waals surface area (Å²) in [6.07, 6.45) is 9.58. The number of hydrazine groups is 1. The van der Waals surface area contributed by atoms with Crippen LogP contribution >= 0.6 is 11.6 Å². The molecule has 0 radical (unpaired) electrons. The number of allylic oxidation sites excluding steroid dienone is 2. The van der Waals surface area contributed by atoms with Gasteiger partial charge in [-0.2, -0.15) is 0 Å². The number of aromatic nitrogens is 1. The first-order valence-corrected chi connectivity index (χ1v) is 9.88. The molecule has 28 heavy (non-hydrogen) atoms. The first-order chi connectivity index (χ1) is 13.7. The van der Waals surface area contributed by atoms with Crippen molar-refractivity contribution >= 4 is 17.2 Å². The van der Waals surface area contributed by atoms with Gasteiger partial charge in [-0.1, -0.05) is 23.7 Å². The Morgan fingerprint density at radius 1 is 1.25 bits per heavy atom. The summed E-state index contributed by atoms with van der Waals surface area (Å²) in [5.41, 5.74) is 10.3. The summed E-state index contributed by atoms with van der Waals surface area (Å²) in [6, 6.07) is 9.49. The second-order valence-corrected chi connectivity index (χ2v) is 7.71. The number of fused-ring (bicyclic) bond motifs is 1. The Labute approximate surface area is 168 Å². The van der Waals surface area contributed by atoms with Crippen molar-refractivity contribution in [3.05, 3.63) is 71.3 Å². The zero-order valence-electron chi connectivity index (χ0n) is 15.2. The van der Waals surface area contributed by atoms with E-state index in [2.05, 4.69) is 44.4 Å². The van der Waals surface area contributed by atoms with Crippen molar-refractivity contribution in [2.75, 3.05) is 13.1 Å². The van der Waals surface area contributed by atoms with Crippen LogP contribution in [0.25, 0.3) is 16.8 Å². The highest BCUT2D eigenvalue weighted by Crippen LogP contribution is 2.33. The SMILES string of the molecule is Fc1ccc(-c2ncccc2C2=CN3C(C=C2)NCC3C2CCNN2)cc1Cl. The molecule has 3 aliphatic heterocycles. The van der Waals surface area contributed by atoms with Crippen LogP contribution in [0.4, 0.5) is 4.39 Å². The minimum Gasteiger partial charge on any atom is -0.352 e. The van der Waals surface area contributed by atoms with Crippen LogP contribution in [0.3, 0.4) is 0 Å². The van der Waals surface area contributed by atoms with E-state index in [4.69, 9.17) is 11.6 Å². The molecule has 0 bridgehead atoms. The predicted octanol–water partition coefficient (Wildman–Crippen LogP) is 2.92. The fourth-order valence-electron chi connectivity index (χ4n) is 4.21. The third-order valence-corrected chi connectivity index (χ3v) is 5.92. The first kappa shape index (κ1) is 17.8. The predicted molar refractivity (Wildman–Crippen MR) is 109 cm³/mol. The number of nitrogens with zero attached hydrogens (tertiary/aromatic N) is 2. The number of nitrogens with one attached hydrogen (secondary N) is 3.